The van der Waals surface area contributed by atoms with Gasteiger partial charge in [-0.25, -0.2) is 0 Å². The van der Waals surface area contributed by atoms with Crippen molar-refractivity contribution in [1.82, 2.24) is 15.2 Å². The van der Waals surface area contributed by atoms with Crippen molar-refractivity contribution in [2.45, 2.75) is 45.6 Å². The first-order valence-corrected chi connectivity index (χ1v) is 9.83. The fourth-order valence-electron chi connectivity index (χ4n) is 3.64. The minimum atomic E-state index is -0.138. The standard InChI is InChI=1S/C21H22ClN3O3/c1-12(2)16-11-18(28-23-16)17-9-6-10-25(17)21(26)19-13(3)27-24-20(19)14-7-4-5-8-15(14)22/h4-5,7-8,11-12,17H,6,9-10H2,1-3H3/t17-/m1/s1. The van der Waals surface area contributed by atoms with Gasteiger partial charge < -0.3 is 13.9 Å². The third-order valence-electron chi connectivity index (χ3n) is 5.19. The summed E-state index contributed by atoms with van der Waals surface area (Å²) < 4.78 is 10.9. The number of hydrogen-bond donors (Lipinski definition) is 0. The molecule has 0 saturated carbocycles. The van der Waals surface area contributed by atoms with Gasteiger partial charge in [0.25, 0.3) is 5.91 Å². The highest BCUT2D eigenvalue weighted by molar-refractivity contribution is 6.33. The molecule has 1 aliphatic rings. The lowest BCUT2D eigenvalue weighted by Gasteiger charge is -2.22. The van der Waals surface area contributed by atoms with Crippen LogP contribution in [0.4, 0.5) is 0 Å². The third kappa shape index (κ3) is 3.22. The Balaban J connectivity index is 1.69. The molecule has 1 fully saturated rings. The van der Waals surface area contributed by atoms with E-state index in [1.54, 1.807) is 13.0 Å². The van der Waals surface area contributed by atoms with Crippen LogP contribution in [0, 0.1) is 6.92 Å². The number of carbonyl (C=O) groups is 1. The van der Waals surface area contributed by atoms with E-state index in [0.717, 1.165) is 24.3 Å². The molecule has 6 nitrogen and oxygen atoms in total. The molecule has 1 saturated heterocycles. The van der Waals surface area contributed by atoms with Crippen molar-refractivity contribution < 1.29 is 13.8 Å². The zero-order valence-electron chi connectivity index (χ0n) is 16.1. The normalized spacial score (nSPS) is 16.9. The molecule has 3 aromatic rings. The summed E-state index contributed by atoms with van der Waals surface area (Å²) in [5.74, 6) is 1.35. The summed E-state index contributed by atoms with van der Waals surface area (Å²) in [5, 5.41) is 8.80. The highest BCUT2D eigenvalue weighted by atomic mass is 35.5. The maximum Gasteiger partial charge on any atom is 0.260 e. The van der Waals surface area contributed by atoms with Crippen molar-refractivity contribution in [1.29, 1.82) is 0 Å². The second-order valence-corrected chi connectivity index (χ2v) is 7.81. The summed E-state index contributed by atoms with van der Waals surface area (Å²) >= 11 is 6.33. The number of likely N-dealkylation sites (tertiary alicyclic amines) is 1. The predicted molar refractivity (Wildman–Crippen MR) is 105 cm³/mol. The van der Waals surface area contributed by atoms with Crippen molar-refractivity contribution in [3.63, 3.8) is 0 Å². The van der Waals surface area contributed by atoms with Gasteiger partial charge >= 0.3 is 0 Å². The van der Waals surface area contributed by atoms with E-state index in [0.29, 0.717) is 34.1 Å². The van der Waals surface area contributed by atoms with Crippen LogP contribution in [-0.2, 0) is 0 Å². The number of amides is 1. The lowest BCUT2D eigenvalue weighted by Crippen LogP contribution is -2.31. The second-order valence-electron chi connectivity index (χ2n) is 7.41. The van der Waals surface area contributed by atoms with E-state index >= 15 is 0 Å². The lowest BCUT2D eigenvalue weighted by molar-refractivity contribution is 0.0713. The fraction of sp³-hybridized carbons (Fsp3) is 0.381. The van der Waals surface area contributed by atoms with Gasteiger partial charge in [-0.1, -0.05) is 54.0 Å². The van der Waals surface area contributed by atoms with E-state index in [1.165, 1.54) is 0 Å². The highest BCUT2D eigenvalue weighted by Gasteiger charge is 2.36. The molecule has 0 aliphatic carbocycles. The van der Waals surface area contributed by atoms with Crippen LogP contribution >= 0.6 is 11.6 Å². The Labute approximate surface area is 168 Å². The molecule has 1 amide bonds. The van der Waals surface area contributed by atoms with Gasteiger partial charge in [-0.2, -0.15) is 0 Å². The van der Waals surface area contributed by atoms with E-state index in [-0.39, 0.29) is 17.9 Å². The van der Waals surface area contributed by atoms with Crippen LogP contribution in [0.5, 0.6) is 0 Å². The van der Waals surface area contributed by atoms with Crippen molar-refractivity contribution >= 4 is 17.5 Å². The molecule has 0 unspecified atom stereocenters. The highest BCUT2D eigenvalue weighted by Crippen LogP contribution is 2.37. The molecule has 7 heteroatoms. The Bertz CT molecular complexity index is 1010. The predicted octanol–water partition coefficient (Wildman–Crippen LogP) is 5.39. The first kappa shape index (κ1) is 18.7. The van der Waals surface area contributed by atoms with Crippen LogP contribution in [0.15, 0.2) is 39.4 Å². The molecule has 146 valence electrons. The molecular formula is C21H22ClN3O3. The van der Waals surface area contributed by atoms with Crippen molar-refractivity contribution in [3.05, 3.63) is 58.1 Å². The number of nitrogens with zero attached hydrogens (tertiary/aromatic N) is 3. The summed E-state index contributed by atoms with van der Waals surface area (Å²) in [6.45, 7) is 6.52. The minimum absolute atomic E-state index is 0.126. The summed E-state index contributed by atoms with van der Waals surface area (Å²) in [7, 11) is 0. The van der Waals surface area contributed by atoms with Crippen LogP contribution in [0.1, 0.15) is 66.2 Å². The maximum absolute atomic E-state index is 13.5. The number of hydrogen-bond acceptors (Lipinski definition) is 5. The first-order chi connectivity index (χ1) is 13.5. The molecule has 3 heterocycles. The quantitative estimate of drug-likeness (QED) is 0.587. The molecule has 4 rings (SSSR count). The molecule has 1 atom stereocenters. The van der Waals surface area contributed by atoms with Gasteiger partial charge in [0.15, 0.2) is 5.76 Å². The van der Waals surface area contributed by atoms with E-state index in [1.807, 2.05) is 29.2 Å². The topological polar surface area (TPSA) is 72.4 Å². The molecule has 0 spiro atoms. The van der Waals surface area contributed by atoms with E-state index in [2.05, 4.69) is 24.2 Å². The summed E-state index contributed by atoms with van der Waals surface area (Å²) in [6.07, 6.45) is 1.74. The van der Waals surface area contributed by atoms with E-state index in [9.17, 15) is 4.79 Å². The van der Waals surface area contributed by atoms with Crippen molar-refractivity contribution in [3.8, 4) is 11.3 Å². The maximum atomic E-state index is 13.5. The first-order valence-electron chi connectivity index (χ1n) is 9.46. The smallest absolute Gasteiger partial charge is 0.260 e. The van der Waals surface area contributed by atoms with Crippen LogP contribution in [0.3, 0.4) is 0 Å². The van der Waals surface area contributed by atoms with Gasteiger partial charge in [-0.3, -0.25) is 4.79 Å². The number of halogens is 1. The Kier molecular flexibility index (Phi) is 4.98. The van der Waals surface area contributed by atoms with Crippen LogP contribution < -0.4 is 0 Å². The monoisotopic (exact) mass is 399 g/mol. The van der Waals surface area contributed by atoms with Crippen molar-refractivity contribution in [2.75, 3.05) is 6.54 Å². The SMILES string of the molecule is Cc1onc(-c2ccccc2Cl)c1C(=O)N1CCC[C@@H]1c1cc(C(C)C)no1. The number of aryl methyl sites for hydroxylation is 1. The molecular weight excluding hydrogens is 378 g/mol. The molecule has 0 bridgehead atoms. The molecule has 1 aromatic carbocycles. The average molecular weight is 400 g/mol. The van der Waals surface area contributed by atoms with E-state index < -0.39 is 0 Å². The largest absolute Gasteiger partial charge is 0.360 e. The number of rotatable bonds is 4. The molecule has 2 aromatic heterocycles. The molecule has 0 radical (unpaired) electrons. The Hall–Kier alpha value is -2.60. The minimum Gasteiger partial charge on any atom is -0.360 e. The zero-order valence-corrected chi connectivity index (χ0v) is 16.9. The second kappa shape index (κ2) is 7.43. The summed E-state index contributed by atoms with van der Waals surface area (Å²) in [4.78, 5) is 15.3. The number of carbonyl (C=O) groups excluding carboxylic acids is 1. The lowest BCUT2D eigenvalue weighted by atomic mass is 10.0. The molecule has 0 N–H and O–H groups in total. The number of aromatic nitrogens is 2. The Morgan fingerprint density at radius 1 is 1.25 bits per heavy atom. The van der Waals surface area contributed by atoms with Crippen LogP contribution in [-0.4, -0.2) is 27.7 Å². The van der Waals surface area contributed by atoms with E-state index in [4.69, 9.17) is 20.6 Å². The van der Waals surface area contributed by atoms with Gasteiger partial charge in [0.2, 0.25) is 0 Å². The van der Waals surface area contributed by atoms with Crippen molar-refractivity contribution in [2.24, 2.45) is 0 Å². The zero-order chi connectivity index (χ0) is 19.8. The molecule has 1 aliphatic heterocycles. The van der Waals surface area contributed by atoms with Gasteiger partial charge in [0.1, 0.15) is 17.0 Å². The third-order valence-corrected chi connectivity index (χ3v) is 5.52. The van der Waals surface area contributed by atoms with Gasteiger partial charge in [-0.05, 0) is 31.7 Å². The fourth-order valence-corrected chi connectivity index (χ4v) is 3.87. The number of benzene rings is 1. The molecule has 28 heavy (non-hydrogen) atoms. The van der Waals surface area contributed by atoms with Crippen LogP contribution in [0.25, 0.3) is 11.3 Å². The summed E-state index contributed by atoms with van der Waals surface area (Å²) in [6, 6.07) is 9.13. The van der Waals surface area contributed by atoms with Gasteiger partial charge in [0.05, 0.1) is 16.8 Å². The Morgan fingerprint density at radius 3 is 2.75 bits per heavy atom. The van der Waals surface area contributed by atoms with Gasteiger partial charge in [-0.15, -0.1) is 0 Å². The summed E-state index contributed by atoms with van der Waals surface area (Å²) in [5.41, 5.74) is 2.50. The Morgan fingerprint density at radius 2 is 2.04 bits per heavy atom. The average Bonchev–Trinajstić information content (AvgIpc) is 3.40. The van der Waals surface area contributed by atoms with Gasteiger partial charge in [0, 0.05) is 18.2 Å². The van der Waals surface area contributed by atoms with Crippen LogP contribution in [0.2, 0.25) is 5.02 Å².